The van der Waals surface area contributed by atoms with Crippen molar-refractivity contribution in [1.29, 1.82) is 0 Å². The zero-order chi connectivity index (χ0) is 14.4. The van der Waals surface area contributed by atoms with Crippen LogP contribution < -0.4 is 14.6 Å². The Morgan fingerprint density at radius 2 is 2.10 bits per heavy atom. The number of nitrogens with zero attached hydrogens (tertiary/aromatic N) is 2. The number of methoxy groups -OCH3 is 1. The number of para-hydroxylation sites is 2. The Bertz CT molecular complexity index is 587. The van der Waals surface area contributed by atoms with Crippen molar-refractivity contribution in [3.63, 3.8) is 0 Å². The Balaban J connectivity index is 1.92. The molecule has 0 bridgehead atoms. The van der Waals surface area contributed by atoms with Crippen molar-refractivity contribution in [2.24, 2.45) is 0 Å². The third-order valence-corrected chi connectivity index (χ3v) is 2.97. The number of hydrogen-bond donors (Lipinski definition) is 0. The first-order valence-corrected chi connectivity index (χ1v) is 6.58. The van der Waals surface area contributed by atoms with E-state index in [1.165, 1.54) is 0 Å². The number of aliphatic carboxylic acids is 1. The number of thioether (sulfide) groups is 1. The standard InChI is InChI=1S/C12H12N2O5S/c1-17-8-4-2-3-5-9(8)18-6-10-13-14-12(19-10)20-7-11(15)16/h2-5H,6-7H2,1H3,(H,15,16)/p-1. The van der Waals surface area contributed by atoms with Gasteiger partial charge >= 0.3 is 0 Å². The lowest BCUT2D eigenvalue weighted by Gasteiger charge is -2.07. The molecule has 0 spiro atoms. The van der Waals surface area contributed by atoms with Gasteiger partial charge in [-0.3, -0.25) is 0 Å². The number of carboxylic acids is 1. The Hall–Kier alpha value is -2.22. The van der Waals surface area contributed by atoms with Crippen LogP contribution in [-0.4, -0.2) is 29.0 Å². The van der Waals surface area contributed by atoms with E-state index in [0.717, 1.165) is 11.8 Å². The lowest BCUT2D eigenvalue weighted by molar-refractivity contribution is -0.301. The number of carboxylic acid groups (broad SMARTS) is 1. The first kappa shape index (κ1) is 14.2. The molecule has 1 aromatic heterocycles. The van der Waals surface area contributed by atoms with Crippen molar-refractivity contribution in [3.8, 4) is 11.5 Å². The van der Waals surface area contributed by atoms with Crippen molar-refractivity contribution < 1.29 is 23.8 Å². The molecule has 1 heterocycles. The molecule has 0 saturated carbocycles. The second-order valence-electron chi connectivity index (χ2n) is 3.56. The summed E-state index contributed by atoms with van der Waals surface area (Å²) in [7, 11) is 1.55. The number of rotatable bonds is 7. The lowest BCUT2D eigenvalue weighted by Crippen LogP contribution is -2.24. The zero-order valence-corrected chi connectivity index (χ0v) is 11.4. The smallest absolute Gasteiger partial charge is 0.277 e. The van der Waals surface area contributed by atoms with Crippen LogP contribution in [0.3, 0.4) is 0 Å². The van der Waals surface area contributed by atoms with E-state index in [1.54, 1.807) is 19.2 Å². The SMILES string of the molecule is COc1ccccc1OCc1nnc(SCC(=O)[O-])o1. The minimum absolute atomic E-state index is 0.0687. The fraction of sp³-hybridized carbons (Fsp3) is 0.250. The molecule has 0 aliphatic carbocycles. The van der Waals surface area contributed by atoms with Gasteiger partial charge in [0, 0.05) is 5.75 Å². The number of carbonyl (C=O) groups excluding carboxylic acids is 1. The molecule has 0 radical (unpaired) electrons. The molecule has 0 atom stereocenters. The minimum Gasteiger partial charge on any atom is -0.549 e. The number of ether oxygens (including phenoxy) is 2. The average Bonchev–Trinajstić information content (AvgIpc) is 2.91. The molecule has 8 heteroatoms. The van der Waals surface area contributed by atoms with Gasteiger partial charge in [0.1, 0.15) is 0 Å². The monoisotopic (exact) mass is 295 g/mol. The molecule has 106 valence electrons. The average molecular weight is 295 g/mol. The van der Waals surface area contributed by atoms with Gasteiger partial charge in [0.2, 0.25) is 0 Å². The maximum absolute atomic E-state index is 10.3. The summed E-state index contributed by atoms with van der Waals surface area (Å²) in [6.07, 6.45) is 0. The highest BCUT2D eigenvalue weighted by Crippen LogP contribution is 2.26. The van der Waals surface area contributed by atoms with Crippen LogP contribution in [0, 0.1) is 0 Å². The van der Waals surface area contributed by atoms with E-state index >= 15 is 0 Å². The van der Waals surface area contributed by atoms with Gasteiger partial charge in [-0.2, -0.15) is 0 Å². The summed E-state index contributed by atoms with van der Waals surface area (Å²) in [5, 5.41) is 17.9. The van der Waals surface area contributed by atoms with E-state index in [0.29, 0.717) is 11.5 Å². The normalized spacial score (nSPS) is 10.2. The largest absolute Gasteiger partial charge is 0.549 e. The van der Waals surface area contributed by atoms with Crippen LogP contribution in [0.4, 0.5) is 0 Å². The first-order chi connectivity index (χ1) is 9.69. The third-order valence-electron chi connectivity index (χ3n) is 2.18. The Kier molecular flexibility index (Phi) is 4.83. The molecule has 1 aromatic carbocycles. The van der Waals surface area contributed by atoms with Gasteiger partial charge in [0.25, 0.3) is 11.1 Å². The number of carbonyl (C=O) groups is 1. The van der Waals surface area contributed by atoms with Crippen LogP contribution in [0.2, 0.25) is 0 Å². The summed E-state index contributed by atoms with van der Waals surface area (Å²) in [5.41, 5.74) is 0. The van der Waals surface area contributed by atoms with E-state index in [2.05, 4.69) is 10.2 Å². The van der Waals surface area contributed by atoms with Crippen molar-refractivity contribution in [1.82, 2.24) is 10.2 Å². The van der Waals surface area contributed by atoms with E-state index in [9.17, 15) is 9.90 Å². The molecule has 2 rings (SSSR count). The van der Waals surface area contributed by atoms with Crippen LogP contribution >= 0.6 is 11.8 Å². The Labute approximate surface area is 118 Å². The summed E-state index contributed by atoms with van der Waals surface area (Å²) in [4.78, 5) is 10.3. The fourth-order valence-electron chi connectivity index (χ4n) is 1.35. The van der Waals surface area contributed by atoms with Gasteiger partial charge in [0.05, 0.1) is 13.1 Å². The number of hydrogen-bond acceptors (Lipinski definition) is 8. The summed E-state index contributed by atoms with van der Waals surface area (Å²) >= 11 is 0.896. The number of aromatic nitrogens is 2. The van der Waals surface area contributed by atoms with E-state index < -0.39 is 5.97 Å². The zero-order valence-electron chi connectivity index (χ0n) is 10.6. The fourth-order valence-corrected chi connectivity index (χ4v) is 1.85. The third kappa shape index (κ3) is 3.89. The second kappa shape index (κ2) is 6.80. The summed E-state index contributed by atoms with van der Waals surface area (Å²) < 4.78 is 15.8. The molecule has 0 aliphatic heterocycles. The molecule has 2 aromatic rings. The summed E-state index contributed by atoms with van der Waals surface area (Å²) in [5.74, 6) is -0.0397. The van der Waals surface area contributed by atoms with E-state index in [1.807, 2.05) is 12.1 Å². The molecule has 20 heavy (non-hydrogen) atoms. The molecule has 0 N–H and O–H groups in total. The number of benzene rings is 1. The molecule has 0 saturated heterocycles. The van der Waals surface area contributed by atoms with Gasteiger partial charge < -0.3 is 23.8 Å². The molecule has 0 aliphatic rings. The highest BCUT2D eigenvalue weighted by atomic mass is 32.2. The van der Waals surface area contributed by atoms with Crippen molar-refractivity contribution >= 4 is 17.7 Å². The van der Waals surface area contributed by atoms with Crippen molar-refractivity contribution in [2.75, 3.05) is 12.9 Å². The first-order valence-electron chi connectivity index (χ1n) is 5.60. The maximum atomic E-state index is 10.3. The minimum atomic E-state index is -1.19. The van der Waals surface area contributed by atoms with Crippen LogP contribution in [0.1, 0.15) is 5.89 Å². The topological polar surface area (TPSA) is 97.5 Å². The molecule has 0 fully saturated rings. The van der Waals surface area contributed by atoms with E-state index in [4.69, 9.17) is 13.9 Å². The second-order valence-corrected chi connectivity index (χ2v) is 4.49. The Morgan fingerprint density at radius 1 is 1.35 bits per heavy atom. The van der Waals surface area contributed by atoms with Crippen LogP contribution in [0.15, 0.2) is 33.9 Å². The molecular formula is C12H11N2O5S-. The van der Waals surface area contributed by atoms with Crippen molar-refractivity contribution in [2.45, 2.75) is 11.8 Å². The molecular weight excluding hydrogens is 284 g/mol. The van der Waals surface area contributed by atoms with Crippen LogP contribution in [0.5, 0.6) is 11.5 Å². The molecule has 0 amide bonds. The van der Waals surface area contributed by atoms with Crippen LogP contribution in [0.25, 0.3) is 0 Å². The van der Waals surface area contributed by atoms with Crippen LogP contribution in [-0.2, 0) is 11.4 Å². The predicted octanol–water partition coefficient (Wildman–Crippen LogP) is 0.499. The van der Waals surface area contributed by atoms with Crippen molar-refractivity contribution in [3.05, 3.63) is 30.2 Å². The molecule has 7 nitrogen and oxygen atoms in total. The van der Waals surface area contributed by atoms with E-state index in [-0.39, 0.29) is 23.5 Å². The summed E-state index contributed by atoms with van der Waals surface area (Å²) in [6, 6.07) is 7.16. The van der Waals surface area contributed by atoms with Gasteiger partial charge in [-0.25, -0.2) is 0 Å². The van der Waals surface area contributed by atoms with Gasteiger partial charge in [0.15, 0.2) is 18.1 Å². The maximum Gasteiger partial charge on any atom is 0.277 e. The van der Waals surface area contributed by atoms with Gasteiger partial charge in [-0.05, 0) is 12.1 Å². The lowest BCUT2D eigenvalue weighted by atomic mass is 10.3. The highest BCUT2D eigenvalue weighted by molar-refractivity contribution is 7.99. The van der Waals surface area contributed by atoms with Gasteiger partial charge in [-0.1, -0.05) is 23.9 Å². The Morgan fingerprint density at radius 3 is 2.80 bits per heavy atom. The molecule has 0 unspecified atom stereocenters. The highest BCUT2D eigenvalue weighted by Gasteiger charge is 2.09. The predicted molar refractivity (Wildman–Crippen MR) is 67.4 cm³/mol. The van der Waals surface area contributed by atoms with Gasteiger partial charge in [-0.15, -0.1) is 10.2 Å². The summed E-state index contributed by atoms with van der Waals surface area (Å²) in [6.45, 7) is 0.0687. The quantitative estimate of drug-likeness (QED) is 0.681.